The van der Waals surface area contributed by atoms with E-state index in [2.05, 4.69) is 41.4 Å². The van der Waals surface area contributed by atoms with E-state index in [9.17, 15) is 0 Å². The second-order valence-electron chi connectivity index (χ2n) is 4.32. The van der Waals surface area contributed by atoms with Gasteiger partial charge in [-0.3, -0.25) is 0 Å². The van der Waals surface area contributed by atoms with Crippen molar-refractivity contribution in [3.63, 3.8) is 0 Å². The van der Waals surface area contributed by atoms with E-state index in [-0.39, 0.29) is 0 Å². The Morgan fingerprint density at radius 1 is 0.833 bits per heavy atom. The van der Waals surface area contributed by atoms with Gasteiger partial charge in [-0.15, -0.1) is 10.2 Å². The van der Waals surface area contributed by atoms with Gasteiger partial charge in [0, 0.05) is 5.56 Å². The first kappa shape index (κ1) is 10.7. The van der Waals surface area contributed by atoms with E-state index in [1.165, 1.54) is 16.3 Å². The molecule has 0 bridgehead atoms. The molecule has 3 heteroatoms. The lowest BCUT2D eigenvalue weighted by molar-refractivity contribution is 1.05. The molecule has 3 nitrogen and oxygen atoms in total. The van der Waals surface area contributed by atoms with Gasteiger partial charge in [0.1, 0.15) is 5.82 Å². The van der Waals surface area contributed by atoms with Crippen LogP contribution in [0.2, 0.25) is 0 Å². The average molecular weight is 235 g/mol. The Morgan fingerprint density at radius 2 is 1.61 bits per heavy atom. The minimum atomic E-state index is 0.440. The van der Waals surface area contributed by atoms with Gasteiger partial charge in [0.15, 0.2) is 0 Å². The second-order valence-corrected chi connectivity index (χ2v) is 4.32. The highest BCUT2D eigenvalue weighted by Crippen LogP contribution is 2.29. The maximum atomic E-state index is 5.57. The molecule has 1 aromatic heterocycles. The van der Waals surface area contributed by atoms with E-state index in [0.29, 0.717) is 5.82 Å². The highest BCUT2D eigenvalue weighted by Gasteiger charge is 2.06. The minimum Gasteiger partial charge on any atom is -0.382 e. The van der Waals surface area contributed by atoms with Crippen LogP contribution in [0.5, 0.6) is 0 Å². The van der Waals surface area contributed by atoms with E-state index in [1.807, 2.05) is 18.2 Å². The zero-order valence-electron chi connectivity index (χ0n) is 10.1. The predicted molar refractivity (Wildman–Crippen MR) is 74.1 cm³/mol. The molecule has 3 rings (SSSR count). The van der Waals surface area contributed by atoms with Gasteiger partial charge in [-0.25, -0.2) is 0 Å². The predicted octanol–water partition coefficient (Wildman–Crippen LogP) is 3.19. The van der Waals surface area contributed by atoms with Crippen LogP contribution in [0.1, 0.15) is 5.56 Å². The molecule has 0 spiro atoms. The lowest BCUT2D eigenvalue weighted by Gasteiger charge is -2.08. The number of nitrogen functional groups attached to an aromatic ring is 1. The van der Waals surface area contributed by atoms with E-state index in [4.69, 9.17) is 5.73 Å². The maximum Gasteiger partial charge on any atom is 0.146 e. The summed E-state index contributed by atoms with van der Waals surface area (Å²) >= 11 is 0. The molecular formula is C15H13N3. The van der Waals surface area contributed by atoms with E-state index in [0.717, 1.165) is 11.3 Å². The van der Waals surface area contributed by atoms with Gasteiger partial charge in [0.2, 0.25) is 0 Å². The summed E-state index contributed by atoms with van der Waals surface area (Å²) in [7, 11) is 0. The number of rotatable bonds is 1. The van der Waals surface area contributed by atoms with Crippen LogP contribution in [0.4, 0.5) is 5.82 Å². The number of anilines is 1. The first-order chi connectivity index (χ1) is 8.75. The number of fused-ring (bicyclic) bond motifs is 1. The smallest absolute Gasteiger partial charge is 0.146 e. The highest BCUT2D eigenvalue weighted by atomic mass is 15.1. The van der Waals surface area contributed by atoms with E-state index < -0.39 is 0 Å². The number of hydrogen-bond acceptors (Lipinski definition) is 3. The zero-order chi connectivity index (χ0) is 12.5. The van der Waals surface area contributed by atoms with Crippen LogP contribution in [-0.4, -0.2) is 10.2 Å². The number of aryl methyl sites for hydroxylation is 1. The van der Waals surface area contributed by atoms with E-state index >= 15 is 0 Å². The minimum absolute atomic E-state index is 0.440. The molecule has 0 aliphatic rings. The van der Waals surface area contributed by atoms with Crippen molar-refractivity contribution in [3.8, 4) is 11.3 Å². The lowest BCUT2D eigenvalue weighted by Crippen LogP contribution is -1.94. The highest BCUT2D eigenvalue weighted by molar-refractivity contribution is 5.97. The quantitative estimate of drug-likeness (QED) is 0.704. The SMILES string of the molecule is Cc1ccc(-c2ccc(N)nn2)c2ccccc12. The van der Waals surface area contributed by atoms with Crippen LogP contribution >= 0.6 is 0 Å². The molecular weight excluding hydrogens is 222 g/mol. The van der Waals surface area contributed by atoms with Gasteiger partial charge in [0.05, 0.1) is 5.69 Å². The fourth-order valence-corrected chi connectivity index (χ4v) is 2.16. The van der Waals surface area contributed by atoms with Crippen molar-refractivity contribution in [1.82, 2.24) is 10.2 Å². The van der Waals surface area contributed by atoms with Crippen molar-refractivity contribution in [3.05, 3.63) is 54.1 Å². The summed E-state index contributed by atoms with van der Waals surface area (Å²) in [4.78, 5) is 0. The molecule has 0 aliphatic heterocycles. The number of nitrogens with zero attached hydrogens (tertiary/aromatic N) is 2. The maximum absolute atomic E-state index is 5.57. The number of benzene rings is 2. The first-order valence-corrected chi connectivity index (χ1v) is 5.83. The number of hydrogen-bond donors (Lipinski definition) is 1. The van der Waals surface area contributed by atoms with Gasteiger partial charge >= 0.3 is 0 Å². The van der Waals surface area contributed by atoms with Crippen LogP contribution in [-0.2, 0) is 0 Å². The molecule has 0 radical (unpaired) electrons. The molecule has 3 aromatic rings. The fraction of sp³-hybridized carbons (Fsp3) is 0.0667. The zero-order valence-corrected chi connectivity index (χ0v) is 10.1. The summed E-state index contributed by atoms with van der Waals surface area (Å²) in [6, 6.07) is 16.2. The van der Waals surface area contributed by atoms with Gasteiger partial charge in [-0.2, -0.15) is 0 Å². The largest absolute Gasteiger partial charge is 0.382 e. The number of nitrogens with two attached hydrogens (primary N) is 1. The first-order valence-electron chi connectivity index (χ1n) is 5.83. The summed E-state index contributed by atoms with van der Waals surface area (Å²) in [6.45, 7) is 2.11. The Kier molecular flexibility index (Phi) is 2.45. The van der Waals surface area contributed by atoms with Gasteiger partial charge in [-0.05, 0) is 35.4 Å². The van der Waals surface area contributed by atoms with Crippen molar-refractivity contribution in [1.29, 1.82) is 0 Å². The topological polar surface area (TPSA) is 51.8 Å². The Bertz CT molecular complexity index is 703. The average Bonchev–Trinajstić information content (AvgIpc) is 2.41. The summed E-state index contributed by atoms with van der Waals surface area (Å²) < 4.78 is 0. The molecule has 0 fully saturated rings. The summed E-state index contributed by atoms with van der Waals surface area (Å²) in [5, 5.41) is 10.5. The van der Waals surface area contributed by atoms with Crippen molar-refractivity contribution in [2.75, 3.05) is 5.73 Å². The fourth-order valence-electron chi connectivity index (χ4n) is 2.16. The monoisotopic (exact) mass is 235 g/mol. The number of aromatic nitrogens is 2. The molecule has 0 aliphatic carbocycles. The molecule has 0 unspecified atom stereocenters. The Balaban J connectivity index is 2.30. The van der Waals surface area contributed by atoms with Crippen LogP contribution in [0.3, 0.4) is 0 Å². The van der Waals surface area contributed by atoms with Gasteiger partial charge in [-0.1, -0.05) is 36.4 Å². The summed E-state index contributed by atoms with van der Waals surface area (Å²) in [5.41, 5.74) is 8.76. The normalized spacial score (nSPS) is 10.7. The van der Waals surface area contributed by atoms with Crippen LogP contribution in [0, 0.1) is 6.92 Å². The van der Waals surface area contributed by atoms with Crippen molar-refractivity contribution < 1.29 is 0 Å². The third-order valence-corrected chi connectivity index (χ3v) is 3.10. The van der Waals surface area contributed by atoms with Crippen molar-refractivity contribution >= 4 is 16.6 Å². The molecule has 2 N–H and O–H groups in total. The lowest BCUT2D eigenvalue weighted by atomic mass is 9.98. The Labute approximate surface area is 105 Å². The van der Waals surface area contributed by atoms with Crippen LogP contribution in [0.15, 0.2) is 48.5 Å². The van der Waals surface area contributed by atoms with Crippen molar-refractivity contribution in [2.45, 2.75) is 6.92 Å². The Hall–Kier alpha value is -2.42. The third kappa shape index (κ3) is 1.70. The molecule has 2 aromatic carbocycles. The summed E-state index contributed by atoms with van der Waals surface area (Å²) in [6.07, 6.45) is 0. The molecule has 0 saturated carbocycles. The molecule has 0 atom stereocenters. The second kappa shape index (κ2) is 4.11. The van der Waals surface area contributed by atoms with Gasteiger partial charge < -0.3 is 5.73 Å². The standard InChI is InChI=1S/C15H13N3/c1-10-6-7-13(12-5-3-2-4-11(10)12)14-8-9-15(16)18-17-14/h2-9H,1H3,(H2,16,18). The molecule has 88 valence electrons. The third-order valence-electron chi connectivity index (χ3n) is 3.10. The van der Waals surface area contributed by atoms with Gasteiger partial charge in [0.25, 0.3) is 0 Å². The molecule has 0 saturated heterocycles. The molecule has 0 amide bonds. The molecule has 18 heavy (non-hydrogen) atoms. The van der Waals surface area contributed by atoms with E-state index in [1.54, 1.807) is 6.07 Å². The van der Waals surface area contributed by atoms with Crippen molar-refractivity contribution in [2.24, 2.45) is 0 Å². The van der Waals surface area contributed by atoms with Crippen LogP contribution < -0.4 is 5.73 Å². The molecule has 1 heterocycles. The van der Waals surface area contributed by atoms with Crippen LogP contribution in [0.25, 0.3) is 22.0 Å². The Morgan fingerprint density at radius 3 is 2.33 bits per heavy atom. The summed E-state index contributed by atoms with van der Waals surface area (Å²) in [5.74, 6) is 0.440.